The molecule has 1 heterocycles. The Hall–Kier alpha value is -3.08. The lowest BCUT2D eigenvalue weighted by Gasteiger charge is -2.17. The van der Waals surface area contributed by atoms with E-state index in [4.69, 9.17) is 4.74 Å². The van der Waals surface area contributed by atoms with Crippen molar-refractivity contribution in [2.75, 3.05) is 18.5 Å². The Morgan fingerprint density at radius 2 is 1.80 bits per heavy atom. The van der Waals surface area contributed by atoms with Crippen LogP contribution < -0.4 is 10.1 Å². The van der Waals surface area contributed by atoms with Crippen LogP contribution in [0.2, 0.25) is 0 Å². The topological polar surface area (TPSA) is 58.6 Å². The van der Waals surface area contributed by atoms with Crippen LogP contribution in [0.5, 0.6) is 5.75 Å². The van der Waals surface area contributed by atoms with Crippen LogP contribution in [0.25, 0.3) is 5.57 Å². The largest absolute Gasteiger partial charge is 0.494 e. The van der Waals surface area contributed by atoms with Gasteiger partial charge in [0.2, 0.25) is 0 Å². The Kier molecular flexibility index (Phi) is 6.60. The molecular weight excluding hydrogens is 376 g/mol. The number of hydrogen-bond donors (Lipinski definition) is 1. The van der Waals surface area contributed by atoms with Crippen LogP contribution in [-0.2, 0) is 9.59 Å². The Labute approximate surface area is 178 Å². The summed E-state index contributed by atoms with van der Waals surface area (Å²) in [6.45, 7) is 11.0. The number of aryl methyl sites for hydroxylation is 2. The lowest BCUT2D eigenvalue weighted by molar-refractivity contribution is -0.137. The van der Waals surface area contributed by atoms with Crippen LogP contribution >= 0.6 is 0 Å². The third-order valence-electron chi connectivity index (χ3n) is 4.94. The van der Waals surface area contributed by atoms with Crippen molar-refractivity contribution < 1.29 is 14.3 Å². The summed E-state index contributed by atoms with van der Waals surface area (Å²) in [6, 6.07) is 13.4. The predicted octanol–water partition coefficient (Wildman–Crippen LogP) is 4.94. The molecule has 0 bridgehead atoms. The Morgan fingerprint density at radius 3 is 2.47 bits per heavy atom. The minimum atomic E-state index is -0.288. The van der Waals surface area contributed by atoms with Crippen LogP contribution in [0.3, 0.4) is 0 Å². The van der Waals surface area contributed by atoms with Crippen molar-refractivity contribution in [1.29, 1.82) is 0 Å². The van der Waals surface area contributed by atoms with E-state index >= 15 is 0 Å². The molecule has 0 spiro atoms. The smallest absolute Gasteiger partial charge is 0.278 e. The highest BCUT2D eigenvalue weighted by Crippen LogP contribution is 2.33. The van der Waals surface area contributed by atoms with Crippen LogP contribution in [0.1, 0.15) is 43.9 Å². The zero-order valence-electron chi connectivity index (χ0n) is 18.4. The normalized spacial score (nSPS) is 14.1. The Morgan fingerprint density at radius 1 is 1.03 bits per heavy atom. The minimum absolute atomic E-state index is 0.184. The minimum Gasteiger partial charge on any atom is -0.494 e. The van der Waals surface area contributed by atoms with Gasteiger partial charge in [-0.1, -0.05) is 50.6 Å². The van der Waals surface area contributed by atoms with Crippen LogP contribution in [-0.4, -0.2) is 29.9 Å². The van der Waals surface area contributed by atoms with E-state index in [0.717, 1.165) is 28.9 Å². The van der Waals surface area contributed by atoms with Crippen molar-refractivity contribution in [2.24, 2.45) is 5.92 Å². The van der Waals surface area contributed by atoms with Crippen molar-refractivity contribution in [3.8, 4) is 5.75 Å². The molecule has 0 unspecified atom stereocenters. The lowest BCUT2D eigenvalue weighted by atomic mass is 9.97. The van der Waals surface area contributed by atoms with E-state index in [1.165, 1.54) is 4.90 Å². The second kappa shape index (κ2) is 9.16. The molecule has 1 aliphatic heterocycles. The molecule has 158 valence electrons. The van der Waals surface area contributed by atoms with Crippen molar-refractivity contribution in [3.05, 3.63) is 64.9 Å². The summed E-state index contributed by atoms with van der Waals surface area (Å²) in [4.78, 5) is 27.9. The van der Waals surface area contributed by atoms with Gasteiger partial charge in [0.05, 0.1) is 12.2 Å². The molecule has 1 N–H and O–H groups in total. The molecule has 0 aromatic heterocycles. The van der Waals surface area contributed by atoms with E-state index in [1.807, 2.05) is 70.2 Å². The molecule has 0 fully saturated rings. The first-order chi connectivity index (χ1) is 14.3. The molecule has 0 saturated heterocycles. The lowest BCUT2D eigenvalue weighted by Crippen LogP contribution is -2.35. The number of hydrogen-bond acceptors (Lipinski definition) is 4. The molecule has 2 amide bonds. The fourth-order valence-corrected chi connectivity index (χ4v) is 3.59. The van der Waals surface area contributed by atoms with E-state index in [9.17, 15) is 9.59 Å². The van der Waals surface area contributed by atoms with E-state index in [0.29, 0.717) is 30.1 Å². The van der Waals surface area contributed by atoms with Crippen molar-refractivity contribution in [2.45, 2.75) is 41.0 Å². The number of anilines is 1. The van der Waals surface area contributed by atoms with Gasteiger partial charge in [-0.15, -0.1) is 0 Å². The maximum Gasteiger partial charge on any atom is 0.278 e. The first-order valence-electron chi connectivity index (χ1n) is 10.5. The summed E-state index contributed by atoms with van der Waals surface area (Å²) in [7, 11) is 0. The highest BCUT2D eigenvalue weighted by Gasteiger charge is 2.39. The molecule has 2 aromatic rings. The Balaban J connectivity index is 2.04. The van der Waals surface area contributed by atoms with E-state index in [1.54, 1.807) is 0 Å². The summed E-state index contributed by atoms with van der Waals surface area (Å²) in [5, 5.41) is 3.22. The monoisotopic (exact) mass is 406 g/mol. The van der Waals surface area contributed by atoms with Gasteiger partial charge in [0, 0.05) is 18.3 Å². The van der Waals surface area contributed by atoms with Gasteiger partial charge in [0.1, 0.15) is 11.4 Å². The van der Waals surface area contributed by atoms with Crippen LogP contribution in [0.4, 0.5) is 5.69 Å². The van der Waals surface area contributed by atoms with Gasteiger partial charge in [-0.05, 0) is 49.4 Å². The molecule has 0 atom stereocenters. The van der Waals surface area contributed by atoms with Gasteiger partial charge in [0.15, 0.2) is 0 Å². The van der Waals surface area contributed by atoms with Crippen LogP contribution in [0, 0.1) is 19.8 Å². The molecular formula is C25H30N2O3. The number of nitrogens with one attached hydrogen (secondary N) is 1. The zero-order valence-corrected chi connectivity index (χ0v) is 18.4. The third kappa shape index (κ3) is 4.56. The highest BCUT2D eigenvalue weighted by atomic mass is 16.5. The standard InChI is InChI=1S/C25H30N2O3/c1-6-12-30-20-9-7-8-19(14-20)26-23-22(21-11-10-17(4)13-18(21)5)24(28)27(25(23)29)15-16(2)3/h7-11,13-14,16,26H,6,12,15H2,1-5H3. The SMILES string of the molecule is CCCOc1cccc(NC2=C(c3ccc(C)cc3C)C(=O)N(CC(C)C)C2=O)c1. The summed E-state index contributed by atoms with van der Waals surface area (Å²) in [5.41, 5.74) is 4.33. The molecule has 3 rings (SSSR count). The Bertz CT molecular complexity index is 992. The van der Waals surface area contributed by atoms with Crippen molar-refractivity contribution in [3.63, 3.8) is 0 Å². The van der Waals surface area contributed by atoms with Gasteiger partial charge in [-0.3, -0.25) is 14.5 Å². The molecule has 0 saturated carbocycles. The summed E-state index contributed by atoms with van der Waals surface area (Å²) >= 11 is 0. The quantitative estimate of drug-likeness (QED) is 0.631. The first kappa shape index (κ1) is 21.6. The summed E-state index contributed by atoms with van der Waals surface area (Å²) in [5.74, 6) is 0.375. The number of imide groups is 1. The van der Waals surface area contributed by atoms with Gasteiger partial charge in [-0.25, -0.2) is 0 Å². The van der Waals surface area contributed by atoms with E-state index in [-0.39, 0.29) is 17.7 Å². The molecule has 0 radical (unpaired) electrons. The number of benzene rings is 2. The fourth-order valence-electron chi connectivity index (χ4n) is 3.59. The molecule has 5 heteroatoms. The van der Waals surface area contributed by atoms with E-state index in [2.05, 4.69) is 12.2 Å². The second-order valence-corrected chi connectivity index (χ2v) is 8.18. The summed E-state index contributed by atoms with van der Waals surface area (Å²) < 4.78 is 5.71. The maximum absolute atomic E-state index is 13.3. The first-order valence-corrected chi connectivity index (χ1v) is 10.5. The second-order valence-electron chi connectivity index (χ2n) is 8.18. The van der Waals surface area contributed by atoms with Gasteiger partial charge in [0.25, 0.3) is 11.8 Å². The molecule has 30 heavy (non-hydrogen) atoms. The van der Waals surface area contributed by atoms with Gasteiger partial charge >= 0.3 is 0 Å². The number of carbonyl (C=O) groups excluding carboxylic acids is 2. The predicted molar refractivity (Wildman–Crippen MR) is 120 cm³/mol. The molecule has 1 aliphatic rings. The number of amides is 2. The van der Waals surface area contributed by atoms with Gasteiger partial charge in [-0.2, -0.15) is 0 Å². The maximum atomic E-state index is 13.3. The number of carbonyl (C=O) groups is 2. The number of ether oxygens (including phenoxy) is 1. The van der Waals surface area contributed by atoms with Crippen LogP contribution in [0.15, 0.2) is 48.2 Å². The molecule has 2 aromatic carbocycles. The molecule has 0 aliphatic carbocycles. The van der Waals surface area contributed by atoms with Crippen molar-refractivity contribution in [1.82, 2.24) is 4.90 Å². The average Bonchev–Trinajstić information content (AvgIpc) is 2.91. The summed E-state index contributed by atoms with van der Waals surface area (Å²) in [6.07, 6.45) is 0.913. The number of nitrogens with zero attached hydrogens (tertiary/aromatic N) is 1. The fraction of sp³-hybridized carbons (Fsp3) is 0.360. The van der Waals surface area contributed by atoms with Crippen molar-refractivity contribution >= 4 is 23.1 Å². The highest BCUT2D eigenvalue weighted by molar-refractivity contribution is 6.36. The number of rotatable bonds is 8. The van der Waals surface area contributed by atoms with E-state index < -0.39 is 0 Å². The average molecular weight is 407 g/mol. The third-order valence-corrected chi connectivity index (χ3v) is 4.94. The zero-order chi connectivity index (χ0) is 21.8. The van der Waals surface area contributed by atoms with Gasteiger partial charge < -0.3 is 10.1 Å². The molecule has 5 nitrogen and oxygen atoms in total.